The van der Waals surface area contributed by atoms with Gasteiger partial charge in [-0.3, -0.25) is 0 Å². The number of carbonyl (C=O) groups excluding carboxylic acids is 1. The molecule has 0 spiro atoms. The van der Waals surface area contributed by atoms with Crippen molar-refractivity contribution in [3.8, 4) is 5.75 Å². The summed E-state index contributed by atoms with van der Waals surface area (Å²) in [4.78, 5) is 13.8. The highest BCUT2D eigenvalue weighted by molar-refractivity contribution is 5.57. The Kier molecular flexibility index (Phi) is 3.33. The molecule has 0 amide bonds. The number of ether oxygens (including phenoxy) is 1. The number of methoxy groups -OCH3 is 1. The van der Waals surface area contributed by atoms with Gasteiger partial charge in [0.1, 0.15) is 12.0 Å². The zero-order valence-electron chi connectivity index (χ0n) is 12.6. The number of rotatable bonds is 3. The Bertz CT molecular complexity index is 528. The SMILES string of the molecule is COc1ccc2c(c1)[C@@]1(CC=O)CCN(C)[C@H](C2)[C@@H]1C. The fraction of sp³-hybridized carbons (Fsp3) is 0.588. The van der Waals surface area contributed by atoms with Crippen molar-refractivity contribution in [3.63, 3.8) is 0 Å². The average Bonchev–Trinajstić information content (AvgIpc) is 2.46. The van der Waals surface area contributed by atoms with Crippen LogP contribution in [0.3, 0.4) is 0 Å². The molecular formula is C17H23NO2. The summed E-state index contributed by atoms with van der Waals surface area (Å²) in [6.45, 7) is 3.38. The van der Waals surface area contributed by atoms with E-state index in [0.29, 0.717) is 18.4 Å². The Morgan fingerprint density at radius 3 is 3.00 bits per heavy atom. The van der Waals surface area contributed by atoms with Gasteiger partial charge in [-0.1, -0.05) is 13.0 Å². The largest absolute Gasteiger partial charge is 0.497 e. The maximum absolute atomic E-state index is 11.3. The van der Waals surface area contributed by atoms with E-state index in [0.717, 1.165) is 31.4 Å². The molecule has 3 rings (SSSR count). The van der Waals surface area contributed by atoms with Gasteiger partial charge in [-0.2, -0.15) is 0 Å². The summed E-state index contributed by atoms with van der Waals surface area (Å²) in [5.41, 5.74) is 2.74. The Morgan fingerprint density at radius 2 is 2.30 bits per heavy atom. The third-order valence-electron chi connectivity index (χ3n) is 5.66. The summed E-state index contributed by atoms with van der Waals surface area (Å²) in [5, 5.41) is 0. The van der Waals surface area contributed by atoms with Crippen LogP contribution >= 0.6 is 0 Å². The highest BCUT2D eigenvalue weighted by atomic mass is 16.5. The predicted octanol–water partition coefficient (Wildman–Crippen LogP) is 2.42. The molecule has 0 radical (unpaired) electrons. The van der Waals surface area contributed by atoms with Crippen LogP contribution in [0.5, 0.6) is 5.75 Å². The summed E-state index contributed by atoms with van der Waals surface area (Å²) < 4.78 is 5.40. The van der Waals surface area contributed by atoms with Crippen LogP contribution < -0.4 is 4.74 Å². The molecule has 3 atom stereocenters. The van der Waals surface area contributed by atoms with Gasteiger partial charge in [-0.15, -0.1) is 0 Å². The summed E-state index contributed by atoms with van der Waals surface area (Å²) in [6, 6.07) is 6.94. The van der Waals surface area contributed by atoms with Crippen LogP contribution in [0.25, 0.3) is 0 Å². The Balaban J connectivity index is 2.16. The Hall–Kier alpha value is -1.35. The number of likely N-dealkylation sites (N-methyl/N-ethyl adjacent to an activating group) is 1. The van der Waals surface area contributed by atoms with Crippen LogP contribution in [0.15, 0.2) is 18.2 Å². The highest BCUT2D eigenvalue weighted by Crippen LogP contribution is 2.50. The van der Waals surface area contributed by atoms with Crippen molar-refractivity contribution in [2.45, 2.75) is 37.6 Å². The fourth-order valence-electron chi connectivity index (χ4n) is 4.33. The number of aldehydes is 1. The van der Waals surface area contributed by atoms with Gasteiger partial charge in [0.05, 0.1) is 7.11 Å². The summed E-state index contributed by atoms with van der Waals surface area (Å²) >= 11 is 0. The third kappa shape index (κ3) is 1.80. The first kappa shape index (κ1) is 13.6. The van der Waals surface area contributed by atoms with Gasteiger partial charge in [0.25, 0.3) is 0 Å². The first-order chi connectivity index (χ1) is 9.62. The molecule has 1 aliphatic heterocycles. The molecule has 1 saturated heterocycles. The van der Waals surface area contributed by atoms with Crippen LogP contribution in [-0.4, -0.2) is 37.9 Å². The molecule has 0 unspecified atom stereocenters. The van der Waals surface area contributed by atoms with E-state index in [2.05, 4.69) is 31.0 Å². The van der Waals surface area contributed by atoms with Crippen LogP contribution in [0.2, 0.25) is 0 Å². The summed E-state index contributed by atoms with van der Waals surface area (Å²) in [5.74, 6) is 1.41. The van der Waals surface area contributed by atoms with Crippen LogP contribution in [0.4, 0.5) is 0 Å². The molecule has 0 saturated carbocycles. The summed E-state index contributed by atoms with van der Waals surface area (Å²) in [6.07, 6.45) is 3.86. The van der Waals surface area contributed by atoms with E-state index < -0.39 is 0 Å². The topological polar surface area (TPSA) is 29.5 Å². The van der Waals surface area contributed by atoms with Gasteiger partial charge < -0.3 is 14.4 Å². The lowest BCUT2D eigenvalue weighted by molar-refractivity contribution is -0.110. The molecule has 1 fully saturated rings. The second kappa shape index (κ2) is 4.88. The lowest BCUT2D eigenvalue weighted by atomic mass is 9.57. The molecule has 2 bridgehead atoms. The molecule has 3 nitrogen and oxygen atoms in total. The number of carbonyl (C=O) groups is 1. The third-order valence-corrected chi connectivity index (χ3v) is 5.66. The van der Waals surface area contributed by atoms with Crippen molar-refractivity contribution >= 4 is 6.29 Å². The quantitative estimate of drug-likeness (QED) is 0.792. The normalized spacial score (nSPS) is 32.5. The Labute approximate surface area is 120 Å². The molecule has 20 heavy (non-hydrogen) atoms. The van der Waals surface area contributed by atoms with Crippen molar-refractivity contribution in [2.24, 2.45) is 5.92 Å². The molecule has 3 heteroatoms. The zero-order valence-corrected chi connectivity index (χ0v) is 12.6. The van der Waals surface area contributed by atoms with Gasteiger partial charge in [-0.05, 0) is 55.6 Å². The van der Waals surface area contributed by atoms with E-state index in [-0.39, 0.29) is 5.41 Å². The molecule has 1 heterocycles. The van der Waals surface area contributed by atoms with Crippen LogP contribution in [-0.2, 0) is 16.6 Å². The van der Waals surface area contributed by atoms with Crippen molar-refractivity contribution in [3.05, 3.63) is 29.3 Å². The average molecular weight is 273 g/mol. The standard InChI is InChI=1S/C17H23NO2/c1-12-16-10-13-4-5-14(20-3)11-15(13)17(12,7-9-19)6-8-18(16)2/h4-5,9,11-12,16H,6-8,10H2,1-3H3/t12-,16+,17+/m0/s1. The molecular weight excluding hydrogens is 250 g/mol. The van der Waals surface area contributed by atoms with E-state index in [1.54, 1.807) is 7.11 Å². The minimum absolute atomic E-state index is 0.00104. The number of hydrogen-bond donors (Lipinski definition) is 0. The highest BCUT2D eigenvalue weighted by Gasteiger charge is 2.50. The molecule has 0 aromatic heterocycles. The molecule has 108 valence electrons. The fourth-order valence-corrected chi connectivity index (χ4v) is 4.33. The van der Waals surface area contributed by atoms with Crippen LogP contribution in [0, 0.1) is 5.92 Å². The number of benzene rings is 1. The number of likely N-dealkylation sites (tertiary alicyclic amines) is 1. The van der Waals surface area contributed by atoms with Gasteiger partial charge >= 0.3 is 0 Å². The second-order valence-electron chi connectivity index (χ2n) is 6.34. The zero-order chi connectivity index (χ0) is 14.3. The maximum Gasteiger partial charge on any atom is 0.120 e. The number of fused-ring (bicyclic) bond motifs is 4. The van der Waals surface area contributed by atoms with Crippen molar-refractivity contribution < 1.29 is 9.53 Å². The van der Waals surface area contributed by atoms with E-state index >= 15 is 0 Å². The number of nitrogens with zero attached hydrogens (tertiary/aromatic N) is 1. The van der Waals surface area contributed by atoms with Gasteiger partial charge in [0, 0.05) is 17.9 Å². The predicted molar refractivity (Wildman–Crippen MR) is 79.3 cm³/mol. The molecule has 1 aliphatic carbocycles. The molecule has 2 aliphatic rings. The first-order valence-corrected chi connectivity index (χ1v) is 7.43. The summed E-state index contributed by atoms with van der Waals surface area (Å²) in [7, 11) is 3.92. The maximum atomic E-state index is 11.3. The second-order valence-corrected chi connectivity index (χ2v) is 6.34. The van der Waals surface area contributed by atoms with Gasteiger partial charge in [-0.25, -0.2) is 0 Å². The van der Waals surface area contributed by atoms with E-state index in [4.69, 9.17) is 4.74 Å². The van der Waals surface area contributed by atoms with Gasteiger partial charge in [0.15, 0.2) is 0 Å². The minimum atomic E-state index is 0.00104. The van der Waals surface area contributed by atoms with Crippen molar-refractivity contribution in [2.75, 3.05) is 20.7 Å². The monoisotopic (exact) mass is 273 g/mol. The Morgan fingerprint density at radius 1 is 1.50 bits per heavy atom. The molecule has 1 aromatic carbocycles. The minimum Gasteiger partial charge on any atom is -0.497 e. The lowest BCUT2D eigenvalue weighted by Gasteiger charge is -2.54. The van der Waals surface area contributed by atoms with E-state index in [1.807, 2.05) is 6.07 Å². The van der Waals surface area contributed by atoms with Gasteiger partial charge in [0.2, 0.25) is 0 Å². The van der Waals surface area contributed by atoms with E-state index in [9.17, 15) is 4.79 Å². The number of piperidine rings is 1. The van der Waals surface area contributed by atoms with Crippen LogP contribution in [0.1, 0.15) is 30.9 Å². The van der Waals surface area contributed by atoms with Crippen molar-refractivity contribution in [1.82, 2.24) is 4.90 Å². The first-order valence-electron chi connectivity index (χ1n) is 7.43. The smallest absolute Gasteiger partial charge is 0.120 e. The molecule has 1 aromatic rings. The van der Waals surface area contributed by atoms with Crippen molar-refractivity contribution in [1.29, 1.82) is 0 Å². The molecule has 0 N–H and O–H groups in total. The number of hydrogen-bond acceptors (Lipinski definition) is 3. The van der Waals surface area contributed by atoms with E-state index in [1.165, 1.54) is 11.1 Å². The lowest BCUT2D eigenvalue weighted by Crippen LogP contribution is -2.57.